The van der Waals surface area contributed by atoms with E-state index in [0.717, 1.165) is 77.0 Å². The number of hydrogen-bond donors (Lipinski definition) is 1. The third kappa shape index (κ3) is 3.24. The number of nitrogens with one attached hydrogen (secondary N) is 1. The van der Waals surface area contributed by atoms with Crippen molar-refractivity contribution in [1.82, 2.24) is 39.6 Å². The number of aromatic nitrogens is 8. The van der Waals surface area contributed by atoms with E-state index in [9.17, 15) is 0 Å². The third-order valence-corrected chi connectivity index (χ3v) is 7.07. The number of fused-ring (bicyclic) bond motifs is 3. The van der Waals surface area contributed by atoms with Crippen molar-refractivity contribution in [2.75, 3.05) is 18.0 Å². The first-order valence-corrected chi connectivity index (χ1v) is 11.9. The highest BCUT2D eigenvalue weighted by Crippen LogP contribution is 2.35. The molecule has 1 N–H and O–H groups in total. The van der Waals surface area contributed by atoms with Crippen molar-refractivity contribution in [1.29, 1.82) is 0 Å². The highest BCUT2D eigenvalue weighted by Gasteiger charge is 2.35. The summed E-state index contributed by atoms with van der Waals surface area (Å²) in [5.74, 6) is 0.935. The molecule has 10 heteroatoms. The number of ether oxygens (including phenoxy) is 1. The Morgan fingerprint density at radius 2 is 1.83 bits per heavy atom. The molecule has 2 atom stereocenters. The molecule has 0 amide bonds. The Bertz CT molecular complexity index is 1510. The van der Waals surface area contributed by atoms with Crippen LogP contribution in [0.5, 0.6) is 0 Å². The van der Waals surface area contributed by atoms with Gasteiger partial charge in [0.05, 0.1) is 52.4 Å². The van der Waals surface area contributed by atoms with Gasteiger partial charge in [-0.25, -0.2) is 14.2 Å². The molecule has 0 spiro atoms. The Kier molecular flexibility index (Phi) is 4.50. The summed E-state index contributed by atoms with van der Waals surface area (Å²) in [7, 11) is 0. The highest BCUT2D eigenvalue weighted by atomic mass is 16.5. The summed E-state index contributed by atoms with van der Waals surface area (Å²) in [5.41, 5.74) is 7.54. The fourth-order valence-electron chi connectivity index (χ4n) is 5.44. The first kappa shape index (κ1) is 20.3. The molecule has 2 aliphatic heterocycles. The first-order chi connectivity index (χ1) is 17.2. The van der Waals surface area contributed by atoms with Gasteiger partial charge in [0.15, 0.2) is 5.65 Å². The van der Waals surface area contributed by atoms with E-state index in [1.807, 2.05) is 40.5 Å². The van der Waals surface area contributed by atoms with Crippen molar-refractivity contribution in [2.45, 2.75) is 38.9 Å². The molecule has 0 radical (unpaired) electrons. The zero-order valence-electron chi connectivity index (χ0n) is 19.6. The zero-order valence-corrected chi connectivity index (χ0v) is 19.6. The minimum atomic E-state index is 0.269. The second-order valence-corrected chi connectivity index (χ2v) is 9.29. The minimum absolute atomic E-state index is 0.269. The average molecular weight is 468 g/mol. The van der Waals surface area contributed by atoms with Gasteiger partial charge in [-0.05, 0) is 44.9 Å². The summed E-state index contributed by atoms with van der Waals surface area (Å²) in [6.07, 6.45) is 9.92. The van der Waals surface area contributed by atoms with E-state index in [-0.39, 0.29) is 12.2 Å². The Labute approximate surface area is 201 Å². The summed E-state index contributed by atoms with van der Waals surface area (Å²) in [6, 6.07) is 8.02. The summed E-state index contributed by atoms with van der Waals surface area (Å²) in [6.45, 7) is 5.83. The quantitative estimate of drug-likeness (QED) is 0.432. The van der Waals surface area contributed by atoms with E-state index in [4.69, 9.17) is 19.9 Å². The van der Waals surface area contributed by atoms with Crippen LogP contribution >= 0.6 is 0 Å². The second kappa shape index (κ2) is 7.74. The number of H-pyrrole nitrogens is 1. The number of rotatable bonds is 4. The van der Waals surface area contributed by atoms with Gasteiger partial charge in [0.25, 0.3) is 0 Å². The van der Waals surface area contributed by atoms with Gasteiger partial charge in [0, 0.05) is 43.3 Å². The van der Waals surface area contributed by atoms with E-state index in [2.05, 4.69) is 33.1 Å². The number of pyridine rings is 1. The lowest BCUT2D eigenvalue weighted by molar-refractivity contribution is 0.0302. The van der Waals surface area contributed by atoms with Crippen LogP contribution in [0.1, 0.15) is 24.2 Å². The average Bonchev–Trinajstić information content (AvgIpc) is 3.66. The van der Waals surface area contributed by atoms with Crippen LogP contribution in [0.3, 0.4) is 0 Å². The lowest BCUT2D eigenvalue weighted by Crippen LogP contribution is -2.43. The molecule has 2 saturated heterocycles. The lowest BCUT2D eigenvalue weighted by Gasteiger charge is -2.33. The number of nitrogens with zero attached hydrogens (tertiary/aromatic N) is 8. The van der Waals surface area contributed by atoms with Crippen LogP contribution in [0.15, 0.2) is 49.1 Å². The molecule has 176 valence electrons. The third-order valence-electron chi connectivity index (χ3n) is 7.07. The fourth-order valence-corrected chi connectivity index (χ4v) is 5.44. The number of anilines is 1. The fraction of sp³-hybridized carbons (Fsp3) is 0.320. The highest BCUT2D eigenvalue weighted by molar-refractivity contribution is 5.80. The molecule has 0 aromatic carbocycles. The molecule has 0 saturated carbocycles. The SMILES string of the molecule is Cc1nn(-c2ccncc2)c(C)c1-c1cc(N2CC3CCC(C2)O3)nc2c(-c3ccn[nH]3)cnn12. The maximum atomic E-state index is 6.09. The smallest absolute Gasteiger partial charge is 0.167 e. The molecule has 0 aliphatic carbocycles. The van der Waals surface area contributed by atoms with Gasteiger partial charge in [-0.2, -0.15) is 15.3 Å². The van der Waals surface area contributed by atoms with E-state index in [0.29, 0.717) is 0 Å². The summed E-state index contributed by atoms with van der Waals surface area (Å²) in [5, 5.41) is 16.8. The maximum absolute atomic E-state index is 6.09. The predicted molar refractivity (Wildman–Crippen MR) is 131 cm³/mol. The summed E-state index contributed by atoms with van der Waals surface area (Å²) >= 11 is 0. The van der Waals surface area contributed by atoms with Crippen LogP contribution < -0.4 is 4.90 Å². The van der Waals surface area contributed by atoms with Gasteiger partial charge < -0.3 is 9.64 Å². The molecule has 5 aromatic rings. The monoisotopic (exact) mass is 467 g/mol. The lowest BCUT2D eigenvalue weighted by atomic mass is 10.1. The number of morpholine rings is 1. The minimum Gasteiger partial charge on any atom is -0.371 e. The van der Waals surface area contributed by atoms with Gasteiger partial charge in [-0.15, -0.1) is 0 Å². The van der Waals surface area contributed by atoms with Crippen molar-refractivity contribution in [3.8, 4) is 28.2 Å². The number of aryl methyl sites for hydroxylation is 1. The van der Waals surface area contributed by atoms with Crippen molar-refractivity contribution in [2.24, 2.45) is 0 Å². The van der Waals surface area contributed by atoms with Crippen LogP contribution in [-0.4, -0.2) is 64.9 Å². The molecule has 2 bridgehead atoms. The Hall–Kier alpha value is -4.05. The van der Waals surface area contributed by atoms with E-state index < -0.39 is 0 Å². The van der Waals surface area contributed by atoms with Crippen LogP contribution in [0.2, 0.25) is 0 Å². The predicted octanol–water partition coefficient (Wildman–Crippen LogP) is 3.35. The molecule has 35 heavy (non-hydrogen) atoms. The summed E-state index contributed by atoms with van der Waals surface area (Å²) < 4.78 is 9.97. The second-order valence-electron chi connectivity index (χ2n) is 9.29. The van der Waals surface area contributed by atoms with Gasteiger partial charge in [0.2, 0.25) is 0 Å². The molecule has 7 heterocycles. The molecular formula is C25H25N9O. The number of aromatic amines is 1. The van der Waals surface area contributed by atoms with Crippen LogP contribution in [0.4, 0.5) is 5.82 Å². The number of hydrogen-bond acceptors (Lipinski definition) is 7. The van der Waals surface area contributed by atoms with Crippen LogP contribution in [0.25, 0.3) is 33.8 Å². The zero-order chi connectivity index (χ0) is 23.5. The van der Waals surface area contributed by atoms with Crippen LogP contribution in [0, 0.1) is 13.8 Å². The van der Waals surface area contributed by atoms with Gasteiger partial charge in [0.1, 0.15) is 5.82 Å². The summed E-state index contributed by atoms with van der Waals surface area (Å²) in [4.78, 5) is 11.6. The van der Waals surface area contributed by atoms with Gasteiger partial charge >= 0.3 is 0 Å². The molecule has 7 rings (SSSR count). The Balaban J connectivity index is 1.44. The Morgan fingerprint density at radius 3 is 2.57 bits per heavy atom. The van der Waals surface area contributed by atoms with Crippen molar-refractivity contribution >= 4 is 11.5 Å². The van der Waals surface area contributed by atoms with E-state index in [1.54, 1.807) is 18.6 Å². The Morgan fingerprint density at radius 1 is 1.03 bits per heavy atom. The largest absolute Gasteiger partial charge is 0.371 e. The maximum Gasteiger partial charge on any atom is 0.167 e. The van der Waals surface area contributed by atoms with Crippen molar-refractivity contribution < 1.29 is 4.74 Å². The topological polar surface area (TPSA) is 102 Å². The van der Waals surface area contributed by atoms with E-state index in [1.165, 1.54) is 0 Å². The molecule has 2 unspecified atom stereocenters. The van der Waals surface area contributed by atoms with Crippen molar-refractivity contribution in [3.05, 3.63) is 60.4 Å². The molecular weight excluding hydrogens is 442 g/mol. The van der Waals surface area contributed by atoms with Crippen LogP contribution in [-0.2, 0) is 4.74 Å². The molecule has 2 aliphatic rings. The first-order valence-electron chi connectivity index (χ1n) is 11.9. The van der Waals surface area contributed by atoms with Gasteiger partial charge in [-0.1, -0.05) is 0 Å². The normalized spacial score (nSPS) is 19.7. The standard InChI is InChI=1S/C25H25N9O/c1-15-24(16(2)33(31-15)17-5-8-26-9-6-17)22-11-23(32-13-18-3-4-19(14-32)35-18)29-25-20(12-28-34(22)25)21-7-10-27-30-21/h5-12,18-19H,3-4,13-14H2,1-2H3,(H,27,30). The molecule has 2 fully saturated rings. The molecule has 10 nitrogen and oxygen atoms in total. The van der Waals surface area contributed by atoms with Crippen molar-refractivity contribution in [3.63, 3.8) is 0 Å². The molecule has 5 aromatic heterocycles. The van der Waals surface area contributed by atoms with Gasteiger partial charge in [-0.3, -0.25) is 10.1 Å². The van der Waals surface area contributed by atoms with E-state index >= 15 is 0 Å².